The van der Waals surface area contributed by atoms with E-state index in [1.165, 1.54) is 9.75 Å². The number of nitrogens with one attached hydrogen (secondary N) is 1. The SMILES string of the molecule is NC(=O)CCCNC(c1cccs1)c1cccs1. The second kappa shape index (κ2) is 6.68. The van der Waals surface area contributed by atoms with Gasteiger partial charge in [-0.1, -0.05) is 12.1 Å². The van der Waals surface area contributed by atoms with Gasteiger partial charge < -0.3 is 11.1 Å². The minimum absolute atomic E-state index is 0.234. The maximum absolute atomic E-state index is 10.7. The van der Waals surface area contributed by atoms with Crippen LogP contribution in [0.15, 0.2) is 35.0 Å². The van der Waals surface area contributed by atoms with E-state index in [1.807, 2.05) is 0 Å². The zero-order valence-corrected chi connectivity index (χ0v) is 11.6. The van der Waals surface area contributed by atoms with Gasteiger partial charge in [0.25, 0.3) is 0 Å². The molecule has 0 radical (unpaired) electrons. The van der Waals surface area contributed by atoms with E-state index < -0.39 is 0 Å². The molecule has 0 saturated heterocycles. The van der Waals surface area contributed by atoms with Gasteiger partial charge in [0.1, 0.15) is 0 Å². The van der Waals surface area contributed by atoms with Gasteiger partial charge in [-0.05, 0) is 35.9 Å². The molecule has 5 heteroatoms. The van der Waals surface area contributed by atoms with Crippen molar-refractivity contribution in [2.75, 3.05) is 6.54 Å². The lowest BCUT2D eigenvalue weighted by molar-refractivity contribution is -0.118. The number of hydrogen-bond acceptors (Lipinski definition) is 4. The number of nitrogens with two attached hydrogens (primary N) is 1. The average molecular weight is 280 g/mol. The molecular formula is C13H16N2OS2. The Labute approximate surface area is 115 Å². The summed E-state index contributed by atoms with van der Waals surface area (Å²) < 4.78 is 0. The number of hydrogen-bond donors (Lipinski definition) is 2. The number of rotatable bonds is 7. The molecule has 0 fully saturated rings. The normalized spacial score (nSPS) is 10.9. The maximum atomic E-state index is 10.7. The van der Waals surface area contributed by atoms with Crippen molar-refractivity contribution in [3.05, 3.63) is 44.8 Å². The molecule has 0 aliphatic carbocycles. The molecular weight excluding hydrogens is 264 g/mol. The Hall–Kier alpha value is -1.17. The Morgan fingerprint density at radius 3 is 2.28 bits per heavy atom. The molecule has 0 aliphatic rings. The molecule has 0 bridgehead atoms. The van der Waals surface area contributed by atoms with Crippen molar-refractivity contribution in [1.29, 1.82) is 0 Å². The van der Waals surface area contributed by atoms with Crippen LogP contribution in [0.25, 0.3) is 0 Å². The lowest BCUT2D eigenvalue weighted by Gasteiger charge is -2.15. The van der Waals surface area contributed by atoms with E-state index in [1.54, 1.807) is 22.7 Å². The molecule has 2 aromatic heterocycles. The zero-order chi connectivity index (χ0) is 12.8. The highest BCUT2D eigenvalue weighted by Gasteiger charge is 2.15. The molecule has 1 amide bonds. The summed E-state index contributed by atoms with van der Waals surface area (Å²) in [6, 6.07) is 8.63. The number of carbonyl (C=O) groups excluding carboxylic acids is 1. The van der Waals surface area contributed by atoms with Crippen molar-refractivity contribution in [1.82, 2.24) is 5.32 Å². The van der Waals surface area contributed by atoms with Crippen LogP contribution in [0.3, 0.4) is 0 Å². The minimum atomic E-state index is -0.236. The number of primary amides is 1. The van der Waals surface area contributed by atoms with Crippen molar-refractivity contribution >= 4 is 28.6 Å². The molecule has 0 unspecified atom stereocenters. The van der Waals surface area contributed by atoms with Crippen molar-refractivity contribution in [2.45, 2.75) is 18.9 Å². The quantitative estimate of drug-likeness (QED) is 0.766. The van der Waals surface area contributed by atoms with Gasteiger partial charge in [0.15, 0.2) is 0 Å². The molecule has 2 rings (SSSR count). The Balaban J connectivity index is 1.96. The molecule has 0 aromatic carbocycles. The molecule has 3 nitrogen and oxygen atoms in total. The first-order chi connectivity index (χ1) is 8.77. The first kappa shape index (κ1) is 13.3. The Morgan fingerprint density at radius 2 is 1.83 bits per heavy atom. The van der Waals surface area contributed by atoms with E-state index >= 15 is 0 Å². The van der Waals surface area contributed by atoms with Crippen molar-refractivity contribution < 1.29 is 4.79 Å². The van der Waals surface area contributed by atoms with Crippen LogP contribution in [-0.4, -0.2) is 12.5 Å². The topological polar surface area (TPSA) is 55.1 Å². The first-order valence-corrected chi connectivity index (χ1v) is 7.62. The van der Waals surface area contributed by atoms with Gasteiger partial charge in [0.05, 0.1) is 6.04 Å². The molecule has 2 heterocycles. The van der Waals surface area contributed by atoms with Gasteiger partial charge in [0, 0.05) is 16.2 Å². The number of amides is 1. The predicted octanol–water partition coefficient (Wildman–Crippen LogP) is 2.75. The highest BCUT2D eigenvalue weighted by Crippen LogP contribution is 2.28. The van der Waals surface area contributed by atoms with Crippen LogP contribution >= 0.6 is 22.7 Å². The summed E-state index contributed by atoms with van der Waals surface area (Å²) in [5.41, 5.74) is 5.14. The van der Waals surface area contributed by atoms with Crippen LogP contribution in [0.4, 0.5) is 0 Å². The van der Waals surface area contributed by atoms with E-state index in [0.717, 1.165) is 13.0 Å². The molecule has 18 heavy (non-hydrogen) atoms. The largest absolute Gasteiger partial charge is 0.370 e. The van der Waals surface area contributed by atoms with Gasteiger partial charge in [-0.25, -0.2) is 0 Å². The van der Waals surface area contributed by atoms with Crippen LogP contribution in [0.2, 0.25) is 0 Å². The van der Waals surface area contributed by atoms with Crippen LogP contribution in [0, 0.1) is 0 Å². The monoisotopic (exact) mass is 280 g/mol. The minimum Gasteiger partial charge on any atom is -0.370 e. The Kier molecular flexibility index (Phi) is 4.92. The first-order valence-electron chi connectivity index (χ1n) is 5.86. The fourth-order valence-electron chi connectivity index (χ4n) is 1.76. The van der Waals surface area contributed by atoms with Gasteiger partial charge in [0.2, 0.25) is 5.91 Å². The molecule has 96 valence electrons. The molecule has 2 aromatic rings. The smallest absolute Gasteiger partial charge is 0.217 e. The summed E-state index contributed by atoms with van der Waals surface area (Å²) in [5.74, 6) is -0.236. The molecule has 0 saturated carbocycles. The maximum Gasteiger partial charge on any atom is 0.217 e. The summed E-state index contributed by atoms with van der Waals surface area (Å²) in [4.78, 5) is 13.3. The highest BCUT2D eigenvalue weighted by molar-refractivity contribution is 7.11. The lowest BCUT2D eigenvalue weighted by atomic mass is 10.2. The number of carbonyl (C=O) groups is 1. The molecule has 0 atom stereocenters. The summed E-state index contributed by atoms with van der Waals surface area (Å²) in [6.45, 7) is 0.795. The van der Waals surface area contributed by atoms with E-state index in [-0.39, 0.29) is 11.9 Å². The van der Waals surface area contributed by atoms with Crippen molar-refractivity contribution in [2.24, 2.45) is 5.73 Å². The second-order valence-electron chi connectivity index (χ2n) is 3.99. The van der Waals surface area contributed by atoms with Crippen molar-refractivity contribution in [3.63, 3.8) is 0 Å². The third-order valence-electron chi connectivity index (χ3n) is 2.60. The fourth-order valence-corrected chi connectivity index (χ4v) is 3.47. The third kappa shape index (κ3) is 3.66. The highest BCUT2D eigenvalue weighted by atomic mass is 32.1. The van der Waals surface area contributed by atoms with Crippen LogP contribution in [-0.2, 0) is 4.79 Å². The summed E-state index contributed by atoms with van der Waals surface area (Å²) in [6.07, 6.45) is 1.22. The summed E-state index contributed by atoms with van der Waals surface area (Å²) in [5, 5.41) is 7.66. The summed E-state index contributed by atoms with van der Waals surface area (Å²) in [7, 11) is 0. The number of thiophene rings is 2. The predicted molar refractivity (Wildman–Crippen MR) is 76.9 cm³/mol. The van der Waals surface area contributed by atoms with Gasteiger partial charge >= 0.3 is 0 Å². The van der Waals surface area contributed by atoms with Gasteiger partial charge in [-0.3, -0.25) is 4.79 Å². The molecule has 0 aliphatic heterocycles. The van der Waals surface area contributed by atoms with Crippen LogP contribution < -0.4 is 11.1 Å². The third-order valence-corrected chi connectivity index (χ3v) is 4.48. The van der Waals surface area contributed by atoms with E-state index in [0.29, 0.717) is 6.42 Å². The summed E-state index contributed by atoms with van der Waals surface area (Å²) >= 11 is 3.49. The van der Waals surface area contributed by atoms with E-state index in [4.69, 9.17) is 5.73 Å². The van der Waals surface area contributed by atoms with E-state index in [9.17, 15) is 4.79 Å². The standard InChI is InChI=1S/C13H16N2OS2/c14-12(16)6-1-7-15-13(10-4-2-8-17-10)11-5-3-9-18-11/h2-5,8-9,13,15H,1,6-7H2,(H2,14,16). The van der Waals surface area contributed by atoms with Crippen molar-refractivity contribution in [3.8, 4) is 0 Å². The molecule has 0 spiro atoms. The van der Waals surface area contributed by atoms with Gasteiger partial charge in [-0.15, -0.1) is 22.7 Å². The Morgan fingerprint density at radius 1 is 1.22 bits per heavy atom. The second-order valence-corrected chi connectivity index (χ2v) is 5.95. The fraction of sp³-hybridized carbons (Fsp3) is 0.308. The zero-order valence-electron chi connectivity index (χ0n) is 9.96. The lowest BCUT2D eigenvalue weighted by Crippen LogP contribution is -2.23. The molecule has 3 N–H and O–H groups in total. The average Bonchev–Trinajstić information content (AvgIpc) is 3.01. The van der Waals surface area contributed by atoms with E-state index in [2.05, 4.69) is 40.3 Å². The Bertz CT molecular complexity index is 431. The van der Waals surface area contributed by atoms with Crippen LogP contribution in [0.1, 0.15) is 28.6 Å². The van der Waals surface area contributed by atoms with Crippen LogP contribution in [0.5, 0.6) is 0 Å². The van der Waals surface area contributed by atoms with Gasteiger partial charge in [-0.2, -0.15) is 0 Å².